The molecule has 0 bridgehead atoms. The van der Waals surface area contributed by atoms with Crippen molar-refractivity contribution in [1.29, 1.82) is 0 Å². The zero-order valence-corrected chi connectivity index (χ0v) is 14.9. The predicted molar refractivity (Wildman–Crippen MR) is 113 cm³/mol. The number of nitrogens with zero attached hydrogens (tertiary/aromatic N) is 1. The molecule has 0 spiro atoms. The Balaban J connectivity index is 1.87. The van der Waals surface area contributed by atoms with E-state index in [1.54, 1.807) is 0 Å². The van der Waals surface area contributed by atoms with Crippen molar-refractivity contribution in [3.05, 3.63) is 126 Å². The number of rotatable bonds is 3. The van der Waals surface area contributed by atoms with Crippen LogP contribution >= 0.6 is 0 Å². The lowest BCUT2D eigenvalue weighted by molar-refractivity contribution is 0.943. The molecule has 0 saturated carbocycles. The molecule has 1 heterocycles. The fourth-order valence-corrected chi connectivity index (χ4v) is 3.95. The molecule has 4 aromatic carbocycles. The molecule has 0 aliphatic rings. The quantitative estimate of drug-likeness (QED) is 0.337. The Labute approximate surface area is 158 Å². The third-order valence-electron chi connectivity index (χ3n) is 5.18. The summed E-state index contributed by atoms with van der Waals surface area (Å²) < 4.78 is 0. The lowest BCUT2D eigenvalue weighted by Gasteiger charge is -2.20. The minimum Gasteiger partial charge on any atom is -0.251 e. The van der Waals surface area contributed by atoms with Gasteiger partial charge in [0.05, 0.1) is 17.1 Å². The summed E-state index contributed by atoms with van der Waals surface area (Å²) in [5.41, 5.74) is 4.68. The number of benzene rings is 4. The van der Waals surface area contributed by atoms with Gasteiger partial charge in [0.2, 0.25) is 0 Å². The van der Waals surface area contributed by atoms with Crippen LogP contribution in [0.2, 0.25) is 0 Å². The first kappa shape index (κ1) is 15.8. The van der Waals surface area contributed by atoms with Crippen molar-refractivity contribution < 1.29 is 0 Å². The summed E-state index contributed by atoms with van der Waals surface area (Å²) >= 11 is 0. The van der Waals surface area contributed by atoms with E-state index in [2.05, 4.69) is 109 Å². The maximum atomic E-state index is 5.16. The average molecular weight is 345 g/mol. The van der Waals surface area contributed by atoms with Gasteiger partial charge in [0.15, 0.2) is 0 Å². The minimum absolute atomic E-state index is 0.0990. The Morgan fingerprint density at radius 3 is 1.56 bits per heavy atom. The number of aromatic nitrogens is 1. The van der Waals surface area contributed by atoms with E-state index in [1.165, 1.54) is 27.3 Å². The van der Waals surface area contributed by atoms with Gasteiger partial charge in [-0.15, -0.1) is 0 Å². The van der Waals surface area contributed by atoms with Gasteiger partial charge in [-0.1, -0.05) is 103 Å². The summed E-state index contributed by atoms with van der Waals surface area (Å²) in [5, 5.41) is 3.68. The van der Waals surface area contributed by atoms with Crippen molar-refractivity contribution in [2.75, 3.05) is 0 Å². The van der Waals surface area contributed by atoms with Gasteiger partial charge in [-0.05, 0) is 22.6 Å². The molecule has 0 amide bonds. The fraction of sp³-hybridized carbons (Fsp3) is 0.0385. The van der Waals surface area contributed by atoms with Gasteiger partial charge in [0, 0.05) is 10.8 Å². The van der Waals surface area contributed by atoms with Crippen molar-refractivity contribution in [3.63, 3.8) is 0 Å². The Hall–Kier alpha value is -3.45. The van der Waals surface area contributed by atoms with Crippen molar-refractivity contribution in [2.45, 2.75) is 5.92 Å². The van der Waals surface area contributed by atoms with Crippen LogP contribution in [0.3, 0.4) is 0 Å². The van der Waals surface area contributed by atoms with E-state index >= 15 is 0 Å². The standard InChI is InChI=1S/C26H19N/c1-3-11-19(12-4-1)25(20-13-5-2-6-14-20)26-23-17-8-7-15-21(23)22-16-9-10-18-24(22)27-26/h1-18,25H. The van der Waals surface area contributed by atoms with E-state index in [0.29, 0.717) is 0 Å². The first-order valence-corrected chi connectivity index (χ1v) is 9.29. The molecule has 1 nitrogen and oxygen atoms in total. The van der Waals surface area contributed by atoms with E-state index in [4.69, 9.17) is 4.98 Å². The molecular weight excluding hydrogens is 326 g/mol. The van der Waals surface area contributed by atoms with Gasteiger partial charge in [-0.3, -0.25) is 4.98 Å². The van der Waals surface area contributed by atoms with Crippen LogP contribution in [-0.2, 0) is 0 Å². The maximum Gasteiger partial charge on any atom is 0.0712 e. The molecule has 1 heteroatoms. The number of hydrogen-bond donors (Lipinski definition) is 0. The maximum absolute atomic E-state index is 5.16. The minimum atomic E-state index is 0.0990. The average Bonchev–Trinajstić information content (AvgIpc) is 2.76. The van der Waals surface area contributed by atoms with Gasteiger partial charge >= 0.3 is 0 Å². The number of pyridine rings is 1. The van der Waals surface area contributed by atoms with Crippen molar-refractivity contribution >= 4 is 21.7 Å². The summed E-state index contributed by atoms with van der Waals surface area (Å²) in [6.07, 6.45) is 0. The summed E-state index contributed by atoms with van der Waals surface area (Å²) in [7, 11) is 0. The van der Waals surface area contributed by atoms with Crippen molar-refractivity contribution in [3.8, 4) is 0 Å². The molecule has 5 rings (SSSR count). The topological polar surface area (TPSA) is 12.9 Å². The molecule has 0 aliphatic heterocycles. The fourth-order valence-electron chi connectivity index (χ4n) is 3.95. The third-order valence-corrected chi connectivity index (χ3v) is 5.18. The second-order valence-electron chi connectivity index (χ2n) is 6.81. The molecule has 0 unspecified atom stereocenters. The van der Waals surface area contributed by atoms with Crippen LogP contribution in [0.15, 0.2) is 109 Å². The molecule has 128 valence electrons. The number of hydrogen-bond acceptors (Lipinski definition) is 1. The van der Waals surface area contributed by atoms with Gasteiger partial charge in [0.1, 0.15) is 0 Å². The van der Waals surface area contributed by atoms with E-state index in [-0.39, 0.29) is 5.92 Å². The second kappa shape index (κ2) is 6.69. The predicted octanol–water partition coefficient (Wildman–Crippen LogP) is 6.57. The van der Waals surface area contributed by atoms with Gasteiger partial charge in [0.25, 0.3) is 0 Å². The van der Waals surface area contributed by atoms with Crippen LogP contribution in [-0.4, -0.2) is 4.98 Å². The highest BCUT2D eigenvalue weighted by atomic mass is 14.7. The molecular formula is C26H19N. The first-order valence-electron chi connectivity index (χ1n) is 9.29. The zero-order chi connectivity index (χ0) is 18.1. The largest absolute Gasteiger partial charge is 0.251 e. The zero-order valence-electron chi connectivity index (χ0n) is 14.9. The third kappa shape index (κ3) is 2.78. The molecule has 0 aliphatic carbocycles. The van der Waals surface area contributed by atoms with Crippen LogP contribution in [0.5, 0.6) is 0 Å². The van der Waals surface area contributed by atoms with Crippen molar-refractivity contribution in [2.24, 2.45) is 0 Å². The highest BCUT2D eigenvalue weighted by molar-refractivity contribution is 6.07. The van der Waals surface area contributed by atoms with Gasteiger partial charge < -0.3 is 0 Å². The summed E-state index contributed by atoms with van der Waals surface area (Å²) in [6, 6.07) is 38.4. The van der Waals surface area contributed by atoms with E-state index in [0.717, 1.165) is 11.2 Å². The molecule has 1 aromatic heterocycles. The second-order valence-corrected chi connectivity index (χ2v) is 6.81. The summed E-state index contributed by atoms with van der Waals surface area (Å²) in [4.78, 5) is 5.16. The Morgan fingerprint density at radius 1 is 0.444 bits per heavy atom. The number of fused-ring (bicyclic) bond motifs is 3. The normalized spacial score (nSPS) is 11.3. The molecule has 0 N–H and O–H groups in total. The van der Waals surface area contributed by atoms with Crippen molar-refractivity contribution in [1.82, 2.24) is 4.98 Å². The van der Waals surface area contributed by atoms with Gasteiger partial charge in [-0.25, -0.2) is 0 Å². The number of para-hydroxylation sites is 1. The highest BCUT2D eigenvalue weighted by Crippen LogP contribution is 2.37. The molecule has 5 aromatic rings. The molecule has 0 saturated heterocycles. The SMILES string of the molecule is c1ccc(C(c2ccccc2)c2nc3ccccc3c3ccccc23)cc1. The summed E-state index contributed by atoms with van der Waals surface area (Å²) in [5.74, 6) is 0.0990. The first-order chi connectivity index (χ1) is 13.4. The Bertz CT molecular complexity index is 1170. The van der Waals surface area contributed by atoms with Crippen LogP contribution in [0, 0.1) is 0 Å². The molecule has 27 heavy (non-hydrogen) atoms. The molecule has 0 atom stereocenters. The Morgan fingerprint density at radius 2 is 0.926 bits per heavy atom. The summed E-state index contributed by atoms with van der Waals surface area (Å²) in [6.45, 7) is 0. The van der Waals surface area contributed by atoms with E-state index < -0.39 is 0 Å². The smallest absolute Gasteiger partial charge is 0.0712 e. The highest BCUT2D eigenvalue weighted by Gasteiger charge is 2.21. The van der Waals surface area contributed by atoms with Crippen LogP contribution in [0.25, 0.3) is 21.7 Å². The van der Waals surface area contributed by atoms with Crippen LogP contribution in [0.1, 0.15) is 22.7 Å². The Kier molecular flexibility index (Phi) is 3.91. The lowest BCUT2D eigenvalue weighted by atomic mass is 9.85. The van der Waals surface area contributed by atoms with Crippen LogP contribution in [0.4, 0.5) is 0 Å². The molecule has 0 radical (unpaired) electrons. The lowest BCUT2D eigenvalue weighted by Crippen LogP contribution is -2.07. The van der Waals surface area contributed by atoms with Crippen LogP contribution < -0.4 is 0 Å². The van der Waals surface area contributed by atoms with E-state index in [1.807, 2.05) is 0 Å². The van der Waals surface area contributed by atoms with Gasteiger partial charge in [-0.2, -0.15) is 0 Å². The van der Waals surface area contributed by atoms with E-state index in [9.17, 15) is 0 Å². The molecule has 0 fully saturated rings. The monoisotopic (exact) mass is 345 g/mol.